The van der Waals surface area contributed by atoms with Crippen molar-refractivity contribution in [2.45, 2.75) is 19.4 Å². The lowest BCUT2D eigenvalue weighted by Crippen LogP contribution is -2.31. The number of methoxy groups -OCH3 is 1. The summed E-state index contributed by atoms with van der Waals surface area (Å²) >= 11 is 0. The van der Waals surface area contributed by atoms with Gasteiger partial charge >= 0.3 is 0 Å². The Balaban J connectivity index is 2.33. The first-order valence-corrected chi connectivity index (χ1v) is 4.26. The fourth-order valence-electron chi connectivity index (χ4n) is 1.48. The molecule has 1 aliphatic rings. The van der Waals surface area contributed by atoms with Crippen molar-refractivity contribution < 1.29 is 18.4 Å². The molecule has 74 valence electrons. The number of carbonyl (C=O) groups excluding carboxylic acids is 1. The van der Waals surface area contributed by atoms with Crippen molar-refractivity contribution in [1.29, 1.82) is 0 Å². The molecule has 1 heterocycles. The monoisotopic (exact) mass is 195 g/mol. The van der Waals surface area contributed by atoms with Crippen LogP contribution in [-0.2, 0) is 0 Å². The first kappa shape index (κ1) is 6.06. The highest BCUT2D eigenvalue weighted by molar-refractivity contribution is 6.07. The highest BCUT2D eigenvalue weighted by Crippen LogP contribution is 2.36. The average Bonchev–Trinajstić information content (AvgIpc) is 2.34. The fraction of sp³-hybridized carbons (Fsp3) is 0.364. The number of carbonyl (C=O) groups is 1. The summed E-state index contributed by atoms with van der Waals surface area (Å²) in [6.45, 7) is 3.33. The Labute approximate surface area is 86.9 Å². The van der Waals surface area contributed by atoms with Crippen LogP contribution in [0, 0.1) is 0 Å². The van der Waals surface area contributed by atoms with E-state index in [1.807, 2.05) is 0 Å². The van der Waals surface area contributed by atoms with E-state index in [2.05, 4.69) is 0 Å². The van der Waals surface area contributed by atoms with E-state index in [1.165, 1.54) is 18.2 Å². The molecule has 1 aromatic carbocycles. The molecule has 0 saturated carbocycles. The number of hydrogen-bond donors (Lipinski definition) is 0. The van der Waals surface area contributed by atoms with Gasteiger partial charge in [-0.3, -0.25) is 4.79 Å². The summed E-state index contributed by atoms with van der Waals surface area (Å²) in [5, 5.41) is 0. The van der Waals surface area contributed by atoms with Gasteiger partial charge in [0.15, 0.2) is 5.60 Å². The molecule has 0 aliphatic carbocycles. The van der Waals surface area contributed by atoms with E-state index in [4.69, 9.17) is 13.6 Å². The standard InChI is InChI=1S/C11H12O3/c1-11(2)10(12)8-5-4-7(13-3)6-9(8)14-11/h4-6H,1-3H3/i3D3. The molecule has 1 aromatic rings. The summed E-state index contributed by atoms with van der Waals surface area (Å²) in [6, 6.07) is 4.40. The topological polar surface area (TPSA) is 35.5 Å². The Morgan fingerprint density at radius 3 is 3.00 bits per heavy atom. The number of benzene rings is 1. The molecule has 14 heavy (non-hydrogen) atoms. The van der Waals surface area contributed by atoms with Crippen LogP contribution in [0.25, 0.3) is 0 Å². The second-order valence-corrected chi connectivity index (χ2v) is 3.70. The lowest BCUT2D eigenvalue weighted by atomic mass is 10.00. The van der Waals surface area contributed by atoms with Crippen molar-refractivity contribution >= 4 is 5.78 Å². The zero-order chi connectivity index (χ0) is 12.8. The molecule has 2 rings (SSSR count). The van der Waals surface area contributed by atoms with E-state index in [1.54, 1.807) is 13.8 Å². The van der Waals surface area contributed by atoms with Gasteiger partial charge in [0.1, 0.15) is 11.5 Å². The molecular formula is C11H12O3. The van der Waals surface area contributed by atoms with Crippen LogP contribution in [0.15, 0.2) is 18.2 Å². The van der Waals surface area contributed by atoms with Gasteiger partial charge in [-0.2, -0.15) is 0 Å². The van der Waals surface area contributed by atoms with Gasteiger partial charge in [-0.25, -0.2) is 0 Å². The van der Waals surface area contributed by atoms with E-state index in [-0.39, 0.29) is 11.5 Å². The maximum Gasteiger partial charge on any atom is 0.209 e. The molecule has 0 N–H and O–H groups in total. The molecule has 0 spiro atoms. The molecular weight excluding hydrogens is 180 g/mol. The van der Waals surface area contributed by atoms with E-state index in [0.717, 1.165) is 0 Å². The summed E-state index contributed by atoms with van der Waals surface area (Å²) in [7, 11) is -2.51. The van der Waals surface area contributed by atoms with Crippen molar-refractivity contribution in [2.75, 3.05) is 7.04 Å². The third-order valence-corrected chi connectivity index (χ3v) is 2.23. The molecule has 0 unspecified atom stereocenters. The molecule has 1 aliphatic heterocycles. The smallest absolute Gasteiger partial charge is 0.209 e. The number of hydrogen-bond acceptors (Lipinski definition) is 3. The minimum Gasteiger partial charge on any atom is -0.497 e. The molecule has 0 saturated heterocycles. The highest BCUT2D eigenvalue weighted by Gasteiger charge is 2.39. The normalized spacial score (nSPS) is 21.6. The first-order chi connectivity index (χ1) is 7.69. The van der Waals surface area contributed by atoms with Gasteiger partial charge in [-0.05, 0) is 26.0 Å². The van der Waals surface area contributed by atoms with E-state index < -0.39 is 12.6 Å². The predicted molar refractivity (Wildman–Crippen MR) is 52.0 cm³/mol. The first-order valence-electron chi connectivity index (χ1n) is 5.76. The summed E-state index contributed by atoms with van der Waals surface area (Å²) in [5.74, 6) is 0.406. The predicted octanol–water partition coefficient (Wildman–Crippen LogP) is 2.05. The Morgan fingerprint density at radius 2 is 2.29 bits per heavy atom. The lowest BCUT2D eigenvalue weighted by molar-refractivity contribution is 0.0684. The van der Waals surface area contributed by atoms with Crippen molar-refractivity contribution in [2.24, 2.45) is 0 Å². The van der Waals surface area contributed by atoms with Crippen LogP contribution >= 0.6 is 0 Å². The molecule has 0 amide bonds. The minimum absolute atomic E-state index is 0.118. The van der Waals surface area contributed by atoms with Crippen molar-refractivity contribution in [3.63, 3.8) is 0 Å². The molecule has 3 nitrogen and oxygen atoms in total. The van der Waals surface area contributed by atoms with Gasteiger partial charge in [0, 0.05) is 6.07 Å². The number of ketones is 1. The van der Waals surface area contributed by atoms with Crippen LogP contribution in [0.1, 0.15) is 28.3 Å². The van der Waals surface area contributed by atoms with Crippen molar-refractivity contribution in [3.05, 3.63) is 23.8 Å². The quantitative estimate of drug-likeness (QED) is 0.688. The second-order valence-electron chi connectivity index (χ2n) is 3.70. The second kappa shape index (κ2) is 2.74. The highest BCUT2D eigenvalue weighted by atomic mass is 16.5. The maximum absolute atomic E-state index is 11.8. The Kier molecular flexibility index (Phi) is 1.19. The zero-order valence-electron chi connectivity index (χ0n) is 11.0. The Hall–Kier alpha value is -1.51. The maximum atomic E-state index is 11.8. The largest absolute Gasteiger partial charge is 0.497 e. The molecule has 0 aromatic heterocycles. The van der Waals surface area contributed by atoms with Gasteiger partial charge in [0.05, 0.1) is 16.7 Å². The van der Waals surface area contributed by atoms with Gasteiger partial charge in [-0.1, -0.05) is 0 Å². The number of rotatable bonds is 1. The van der Waals surface area contributed by atoms with Crippen molar-refractivity contribution in [3.8, 4) is 11.5 Å². The van der Waals surface area contributed by atoms with Crippen LogP contribution in [0.3, 0.4) is 0 Å². The van der Waals surface area contributed by atoms with Gasteiger partial charge < -0.3 is 9.47 Å². The number of ether oxygens (including phenoxy) is 2. The van der Waals surface area contributed by atoms with Gasteiger partial charge in [0.2, 0.25) is 5.78 Å². The molecule has 0 atom stereocenters. The minimum atomic E-state index is -2.51. The summed E-state index contributed by atoms with van der Waals surface area (Å²) in [6.07, 6.45) is 0. The third-order valence-electron chi connectivity index (χ3n) is 2.23. The molecule has 0 fully saturated rings. The van der Waals surface area contributed by atoms with Gasteiger partial charge in [-0.15, -0.1) is 0 Å². The lowest BCUT2D eigenvalue weighted by Gasteiger charge is -2.14. The van der Waals surface area contributed by atoms with E-state index in [0.29, 0.717) is 11.3 Å². The number of fused-ring (bicyclic) bond motifs is 1. The third kappa shape index (κ3) is 1.16. The zero-order valence-corrected chi connectivity index (χ0v) is 7.96. The molecule has 0 radical (unpaired) electrons. The molecule has 0 bridgehead atoms. The van der Waals surface area contributed by atoms with E-state index >= 15 is 0 Å². The van der Waals surface area contributed by atoms with Crippen LogP contribution in [0.2, 0.25) is 0 Å². The fourth-order valence-corrected chi connectivity index (χ4v) is 1.48. The van der Waals surface area contributed by atoms with Gasteiger partial charge in [0.25, 0.3) is 0 Å². The Morgan fingerprint density at radius 1 is 1.50 bits per heavy atom. The molecule has 3 heteroatoms. The van der Waals surface area contributed by atoms with Crippen molar-refractivity contribution in [1.82, 2.24) is 0 Å². The van der Waals surface area contributed by atoms with Crippen LogP contribution < -0.4 is 9.47 Å². The Bertz CT molecular complexity index is 477. The average molecular weight is 195 g/mol. The SMILES string of the molecule is [2H]C([2H])([2H])Oc1ccc2c(c1)OC(C)(C)C2=O. The number of Topliss-reactive ketones (excluding diaryl/α,β-unsaturated/α-hetero) is 1. The summed E-state index contributed by atoms with van der Waals surface area (Å²) in [4.78, 5) is 11.8. The van der Waals surface area contributed by atoms with E-state index in [9.17, 15) is 4.79 Å². The summed E-state index contributed by atoms with van der Waals surface area (Å²) in [5.41, 5.74) is -0.450. The summed E-state index contributed by atoms with van der Waals surface area (Å²) < 4.78 is 31.1. The van der Waals surface area contributed by atoms with Crippen LogP contribution in [0.4, 0.5) is 0 Å². The van der Waals surface area contributed by atoms with Crippen LogP contribution in [0.5, 0.6) is 11.5 Å². The van der Waals surface area contributed by atoms with Crippen LogP contribution in [-0.4, -0.2) is 18.4 Å².